The lowest BCUT2D eigenvalue weighted by atomic mass is 10.1. The van der Waals surface area contributed by atoms with Crippen LogP contribution < -0.4 is 5.32 Å². The predicted octanol–water partition coefficient (Wildman–Crippen LogP) is 0.624. The SMILES string of the molecule is CN(C)S(=O)(=O)C[C@@H]1COC[C@@H]1NC(=O)c1cn2cc(Cl)ccc2n1. The van der Waals surface area contributed by atoms with Crippen LogP contribution in [0.3, 0.4) is 0 Å². The summed E-state index contributed by atoms with van der Waals surface area (Å²) in [5.41, 5.74) is 0.840. The second kappa shape index (κ2) is 6.91. The van der Waals surface area contributed by atoms with Crippen LogP contribution in [0.2, 0.25) is 5.02 Å². The number of aromatic nitrogens is 2. The normalized spacial score (nSPS) is 21.1. The van der Waals surface area contributed by atoms with Gasteiger partial charge in [0.15, 0.2) is 0 Å². The van der Waals surface area contributed by atoms with Crippen LogP contribution in [0.25, 0.3) is 5.65 Å². The molecule has 1 aliphatic heterocycles. The third-order valence-corrected chi connectivity index (χ3v) is 6.33. The molecule has 1 aliphatic rings. The van der Waals surface area contributed by atoms with Crippen LogP contribution in [-0.4, -0.2) is 67.1 Å². The summed E-state index contributed by atoms with van der Waals surface area (Å²) in [6, 6.07) is 3.03. The van der Waals surface area contributed by atoms with E-state index in [9.17, 15) is 13.2 Å². The monoisotopic (exact) mass is 386 g/mol. The van der Waals surface area contributed by atoms with E-state index in [1.54, 1.807) is 28.9 Å². The van der Waals surface area contributed by atoms with Crippen molar-refractivity contribution in [3.8, 4) is 0 Å². The van der Waals surface area contributed by atoms with Gasteiger partial charge in [0, 0.05) is 32.4 Å². The lowest BCUT2D eigenvalue weighted by Crippen LogP contribution is -2.43. The summed E-state index contributed by atoms with van der Waals surface area (Å²) in [4.78, 5) is 16.7. The number of halogens is 1. The van der Waals surface area contributed by atoms with Crippen LogP contribution >= 0.6 is 11.6 Å². The molecule has 0 aromatic carbocycles. The highest BCUT2D eigenvalue weighted by Crippen LogP contribution is 2.18. The molecule has 0 saturated carbocycles. The summed E-state index contributed by atoms with van der Waals surface area (Å²) >= 11 is 5.92. The van der Waals surface area contributed by atoms with Crippen molar-refractivity contribution in [1.29, 1.82) is 0 Å². The van der Waals surface area contributed by atoms with Gasteiger partial charge < -0.3 is 14.5 Å². The molecule has 8 nitrogen and oxygen atoms in total. The molecule has 1 amide bonds. The lowest BCUT2D eigenvalue weighted by molar-refractivity contribution is 0.0921. The molecule has 3 heterocycles. The maximum atomic E-state index is 12.5. The van der Waals surface area contributed by atoms with Gasteiger partial charge in [-0.3, -0.25) is 4.79 Å². The summed E-state index contributed by atoms with van der Waals surface area (Å²) in [6.07, 6.45) is 3.24. The van der Waals surface area contributed by atoms with E-state index < -0.39 is 10.0 Å². The second-order valence-electron chi connectivity index (χ2n) is 6.18. The summed E-state index contributed by atoms with van der Waals surface area (Å²) < 4.78 is 32.3. The first kappa shape index (κ1) is 18.1. The van der Waals surface area contributed by atoms with Crippen LogP contribution in [0.15, 0.2) is 24.5 Å². The first-order valence-corrected chi connectivity index (χ1v) is 9.68. The highest BCUT2D eigenvalue weighted by Gasteiger charge is 2.34. The molecule has 3 rings (SSSR count). The fourth-order valence-electron chi connectivity index (χ4n) is 2.66. The Morgan fingerprint density at radius 2 is 2.16 bits per heavy atom. The van der Waals surface area contributed by atoms with E-state index in [1.165, 1.54) is 18.4 Å². The van der Waals surface area contributed by atoms with Gasteiger partial charge in [-0.2, -0.15) is 0 Å². The lowest BCUT2D eigenvalue weighted by Gasteiger charge is -2.20. The number of amides is 1. The molecule has 0 bridgehead atoms. The number of hydrogen-bond acceptors (Lipinski definition) is 5. The number of rotatable bonds is 5. The van der Waals surface area contributed by atoms with Crippen molar-refractivity contribution in [3.63, 3.8) is 0 Å². The molecule has 0 radical (unpaired) electrons. The molecule has 10 heteroatoms. The number of carbonyl (C=O) groups excluding carboxylic acids is 1. The molecule has 0 unspecified atom stereocenters. The first-order valence-electron chi connectivity index (χ1n) is 7.69. The molecule has 136 valence electrons. The maximum Gasteiger partial charge on any atom is 0.271 e. The van der Waals surface area contributed by atoms with Crippen molar-refractivity contribution in [3.05, 3.63) is 35.2 Å². The van der Waals surface area contributed by atoms with Gasteiger partial charge in [0.2, 0.25) is 10.0 Å². The number of nitrogens with one attached hydrogen (secondary N) is 1. The average Bonchev–Trinajstić information content (AvgIpc) is 3.13. The number of sulfonamides is 1. The Balaban J connectivity index is 1.72. The number of nitrogens with zero attached hydrogens (tertiary/aromatic N) is 3. The van der Waals surface area contributed by atoms with Crippen molar-refractivity contribution in [2.75, 3.05) is 33.1 Å². The van der Waals surface area contributed by atoms with Crippen LogP contribution in [0.4, 0.5) is 0 Å². The van der Waals surface area contributed by atoms with Gasteiger partial charge in [-0.05, 0) is 12.1 Å². The number of ether oxygens (including phenoxy) is 1. The number of imidazole rings is 1. The molecule has 2 aromatic heterocycles. The molecule has 1 fully saturated rings. The first-order chi connectivity index (χ1) is 11.8. The number of pyridine rings is 1. The van der Waals surface area contributed by atoms with E-state index in [-0.39, 0.29) is 35.9 Å². The van der Waals surface area contributed by atoms with Crippen molar-refractivity contribution in [2.24, 2.45) is 5.92 Å². The summed E-state index contributed by atoms with van der Waals surface area (Å²) in [5, 5.41) is 3.36. The number of carbonyl (C=O) groups is 1. The van der Waals surface area contributed by atoms with E-state index in [1.807, 2.05) is 0 Å². The Kier molecular flexibility index (Phi) is 5.01. The Hall–Kier alpha value is -1.68. The summed E-state index contributed by atoms with van der Waals surface area (Å²) in [5.74, 6) is -0.753. The minimum Gasteiger partial charge on any atom is -0.379 e. The van der Waals surface area contributed by atoms with Gasteiger partial charge in [0.05, 0.1) is 30.0 Å². The van der Waals surface area contributed by atoms with Gasteiger partial charge in [-0.15, -0.1) is 0 Å². The highest BCUT2D eigenvalue weighted by molar-refractivity contribution is 7.89. The van der Waals surface area contributed by atoms with E-state index in [0.717, 1.165) is 0 Å². The Morgan fingerprint density at radius 1 is 1.40 bits per heavy atom. The molecule has 2 aromatic rings. The van der Waals surface area contributed by atoms with Gasteiger partial charge in [0.25, 0.3) is 5.91 Å². The topological polar surface area (TPSA) is 93.0 Å². The molecular weight excluding hydrogens is 368 g/mol. The molecule has 0 aliphatic carbocycles. The zero-order chi connectivity index (χ0) is 18.2. The molecule has 25 heavy (non-hydrogen) atoms. The van der Waals surface area contributed by atoms with Crippen molar-refractivity contribution < 1.29 is 17.9 Å². The quantitative estimate of drug-likeness (QED) is 0.813. The summed E-state index contributed by atoms with van der Waals surface area (Å²) in [6.45, 7) is 0.567. The van der Waals surface area contributed by atoms with Crippen molar-refractivity contribution in [2.45, 2.75) is 6.04 Å². The predicted molar refractivity (Wildman–Crippen MR) is 93.2 cm³/mol. The van der Waals surface area contributed by atoms with Gasteiger partial charge in [-0.1, -0.05) is 11.6 Å². The van der Waals surface area contributed by atoms with Gasteiger partial charge in [-0.25, -0.2) is 17.7 Å². The van der Waals surface area contributed by atoms with Crippen LogP contribution in [0, 0.1) is 5.92 Å². The third-order valence-electron chi connectivity index (χ3n) is 4.14. The van der Waals surface area contributed by atoms with E-state index in [0.29, 0.717) is 17.3 Å². The number of hydrogen-bond donors (Lipinski definition) is 1. The Labute approximate surface area is 150 Å². The van der Waals surface area contributed by atoms with Crippen LogP contribution in [0.1, 0.15) is 10.5 Å². The van der Waals surface area contributed by atoms with Crippen molar-refractivity contribution in [1.82, 2.24) is 19.0 Å². The van der Waals surface area contributed by atoms with Gasteiger partial charge >= 0.3 is 0 Å². The average molecular weight is 387 g/mol. The van der Waals surface area contributed by atoms with Crippen LogP contribution in [0.5, 0.6) is 0 Å². The van der Waals surface area contributed by atoms with E-state index >= 15 is 0 Å². The standard InChI is InChI=1S/C15H19ClN4O4S/c1-19(2)25(22,23)9-10-7-24-8-13(10)18-15(21)12-6-20-5-11(16)3-4-14(20)17-12/h3-6,10,13H,7-9H2,1-2H3,(H,18,21)/t10-,13-/m0/s1. The van der Waals surface area contributed by atoms with E-state index in [4.69, 9.17) is 16.3 Å². The summed E-state index contributed by atoms with van der Waals surface area (Å²) in [7, 11) is -0.399. The fraction of sp³-hybridized carbons (Fsp3) is 0.467. The minimum atomic E-state index is -3.37. The Morgan fingerprint density at radius 3 is 2.88 bits per heavy atom. The minimum absolute atomic E-state index is 0.0777. The molecule has 1 saturated heterocycles. The van der Waals surface area contributed by atoms with E-state index in [2.05, 4.69) is 10.3 Å². The Bertz CT molecular complexity index is 896. The highest BCUT2D eigenvalue weighted by atomic mass is 35.5. The molecule has 0 spiro atoms. The van der Waals surface area contributed by atoms with Crippen molar-refractivity contribution >= 4 is 33.2 Å². The molecule has 2 atom stereocenters. The maximum absolute atomic E-state index is 12.5. The number of fused-ring (bicyclic) bond motifs is 1. The van der Waals surface area contributed by atoms with Crippen LogP contribution in [-0.2, 0) is 14.8 Å². The zero-order valence-electron chi connectivity index (χ0n) is 13.8. The fourth-order valence-corrected chi connectivity index (χ4v) is 3.99. The second-order valence-corrected chi connectivity index (χ2v) is 8.84. The zero-order valence-corrected chi connectivity index (χ0v) is 15.4. The smallest absolute Gasteiger partial charge is 0.271 e. The van der Waals surface area contributed by atoms with Gasteiger partial charge in [0.1, 0.15) is 11.3 Å². The molecule has 1 N–H and O–H groups in total. The largest absolute Gasteiger partial charge is 0.379 e. The third kappa shape index (κ3) is 3.95. The molecular formula is C15H19ClN4O4S.